The lowest BCUT2D eigenvalue weighted by atomic mass is 10.1. The molecule has 0 heterocycles. The van der Waals surface area contributed by atoms with Gasteiger partial charge in [-0.2, -0.15) is 5.26 Å². The van der Waals surface area contributed by atoms with Gasteiger partial charge in [-0.05, 0) is 52.2 Å². The van der Waals surface area contributed by atoms with Crippen molar-refractivity contribution in [1.82, 2.24) is 0 Å². The van der Waals surface area contributed by atoms with Crippen molar-refractivity contribution in [3.05, 3.63) is 68.2 Å². The number of carbonyl (C=O) groups is 1. The molecule has 0 atom stereocenters. The molecule has 8 heteroatoms. The number of nitriles is 1. The molecule has 1 N–H and O–H groups in total. The zero-order valence-corrected chi connectivity index (χ0v) is 16.0. The summed E-state index contributed by atoms with van der Waals surface area (Å²) >= 11 is 3.17. The van der Waals surface area contributed by atoms with Crippen LogP contribution in [0.5, 0.6) is 5.75 Å². The molecule has 0 saturated heterocycles. The number of nitrogens with zero attached hydrogens (tertiary/aromatic N) is 2. The SMILES string of the molecule is CCCOc1ccc(/C=C(\C#N)C(=O)Nc2ccc([N+](=O)[O-])cc2Br)cc1. The lowest BCUT2D eigenvalue weighted by molar-refractivity contribution is -0.384. The molecular formula is C19H16BrN3O4. The highest BCUT2D eigenvalue weighted by atomic mass is 79.9. The average Bonchev–Trinajstić information content (AvgIpc) is 2.66. The van der Waals surface area contributed by atoms with Gasteiger partial charge in [0.15, 0.2) is 0 Å². The smallest absolute Gasteiger partial charge is 0.270 e. The second kappa shape index (κ2) is 9.50. The molecule has 0 unspecified atom stereocenters. The summed E-state index contributed by atoms with van der Waals surface area (Å²) in [7, 11) is 0. The topological polar surface area (TPSA) is 105 Å². The van der Waals surface area contributed by atoms with Crippen molar-refractivity contribution in [3.63, 3.8) is 0 Å². The van der Waals surface area contributed by atoms with Crippen molar-refractivity contribution in [2.24, 2.45) is 0 Å². The van der Waals surface area contributed by atoms with Crippen molar-refractivity contribution in [2.45, 2.75) is 13.3 Å². The predicted octanol–water partition coefficient (Wildman–Crippen LogP) is 4.69. The lowest BCUT2D eigenvalue weighted by Gasteiger charge is -2.07. The van der Waals surface area contributed by atoms with E-state index in [2.05, 4.69) is 21.2 Å². The maximum absolute atomic E-state index is 12.3. The largest absolute Gasteiger partial charge is 0.494 e. The minimum atomic E-state index is -0.613. The number of hydrogen-bond acceptors (Lipinski definition) is 5. The highest BCUT2D eigenvalue weighted by Gasteiger charge is 2.14. The highest BCUT2D eigenvalue weighted by Crippen LogP contribution is 2.27. The quantitative estimate of drug-likeness (QED) is 0.297. The standard InChI is InChI=1S/C19H16BrN3O4/c1-2-9-27-16-6-3-13(4-7-16)10-14(12-21)19(24)22-18-8-5-15(23(25)26)11-17(18)20/h3-8,10-11H,2,9H2,1H3,(H,22,24)/b14-10+. The number of nitrogens with one attached hydrogen (secondary N) is 1. The van der Waals surface area contributed by atoms with Crippen LogP contribution >= 0.6 is 15.9 Å². The van der Waals surface area contributed by atoms with Crippen LogP contribution in [0.4, 0.5) is 11.4 Å². The Labute approximate surface area is 164 Å². The molecular weight excluding hydrogens is 414 g/mol. The summed E-state index contributed by atoms with van der Waals surface area (Å²) in [6.45, 7) is 2.63. The fraction of sp³-hybridized carbons (Fsp3) is 0.158. The van der Waals surface area contributed by atoms with Gasteiger partial charge in [-0.15, -0.1) is 0 Å². The molecule has 0 aromatic heterocycles. The molecule has 0 spiro atoms. The first-order chi connectivity index (χ1) is 12.9. The minimum absolute atomic E-state index is 0.0949. The Hall–Kier alpha value is -3.18. The number of non-ortho nitro benzene ring substituents is 1. The number of amides is 1. The molecule has 0 aliphatic heterocycles. The normalized spacial score (nSPS) is 10.8. The predicted molar refractivity (Wildman–Crippen MR) is 105 cm³/mol. The molecule has 2 aromatic carbocycles. The van der Waals surface area contributed by atoms with E-state index in [0.29, 0.717) is 28.1 Å². The first-order valence-corrected chi connectivity index (χ1v) is 8.84. The summed E-state index contributed by atoms with van der Waals surface area (Å²) in [5.41, 5.74) is 0.798. The Kier molecular flexibility index (Phi) is 7.08. The summed E-state index contributed by atoms with van der Waals surface area (Å²) in [6, 6.07) is 12.8. The molecule has 0 fully saturated rings. The molecule has 0 bridgehead atoms. The number of ether oxygens (including phenoxy) is 1. The Balaban J connectivity index is 2.15. The van der Waals surface area contributed by atoms with Crippen molar-refractivity contribution < 1.29 is 14.5 Å². The molecule has 0 radical (unpaired) electrons. The number of nitro benzene ring substituents is 1. The minimum Gasteiger partial charge on any atom is -0.494 e. The van der Waals surface area contributed by atoms with Crippen molar-refractivity contribution >= 4 is 39.3 Å². The van der Waals surface area contributed by atoms with E-state index >= 15 is 0 Å². The van der Waals surface area contributed by atoms with Crippen LogP contribution < -0.4 is 10.1 Å². The number of carbonyl (C=O) groups excluding carboxylic acids is 1. The summed E-state index contributed by atoms with van der Waals surface area (Å²) in [4.78, 5) is 22.6. The molecule has 2 rings (SSSR count). The van der Waals surface area contributed by atoms with E-state index in [0.717, 1.165) is 6.42 Å². The maximum Gasteiger partial charge on any atom is 0.270 e. The van der Waals surface area contributed by atoms with Gasteiger partial charge in [0.2, 0.25) is 0 Å². The molecule has 138 valence electrons. The van der Waals surface area contributed by atoms with Crippen LogP contribution in [0, 0.1) is 21.4 Å². The second-order valence-corrected chi connectivity index (χ2v) is 6.32. The van der Waals surface area contributed by atoms with Crippen LogP contribution in [0.15, 0.2) is 52.5 Å². The van der Waals surface area contributed by atoms with Crippen LogP contribution in [0.1, 0.15) is 18.9 Å². The van der Waals surface area contributed by atoms with E-state index in [1.54, 1.807) is 24.3 Å². The monoisotopic (exact) mass is 429 g/mol. The molecule has 1 amide bonds. The average molecular weight is 430 g/mol. The van der Waals surface area contributed by atoms with Gasteiger partial charge < -0.3 is 10.1 Å². The summed E-state index contributed by atoms with van der Waals surface area (Å²) in [5, 5.41) is 22.6. The van der Waals surface area contributed by atoms with Crippen LogP contribution in [0.3, 0.4) is 0 Å². The Morgan fingerprint density at radius 3 is 2.59 bits per heavy atom. The zero-order valence-electron chi connectivity index (χ0n) is 14.4. The van der Waals surface area contributed by atoms with E-state index in [-0.39, 0.29) is 11.3 Å². The summed E-state index contributed by atoms with van der Waals surface area (Å²) < 4.78 is 5.84. The fourth-order valence-electron chi connectivity index (χ4n) is 2.10. The van der Waals surface area contributed by atoms with Gasteiger partial charge in [-0.25, -0.2) is 0 Å². The third-order valence-electron chi connectivity index (χ3n) is 3.44. The third kappa shape index (κ3) is 5.66. The zero-order chi connectivity index (χ0) is 19.8. The van der Waals surface area contributed by atoms with Gasteiger partial charge in [-0.1, -0.05) is 19.1 Å². The van der Waals surface area contributed by atoms with E-state index in [1.165, 1.54) is 24.3 Å². The number of benzene rings is 2. The molecule has 27 heavy (non-hydrogen) atoms. The molecule has 2 aromatic rings. The lowest BCUT2D eigenvalue weighted by Crippen LogP contribution is -2.13. The van der Waals surface area contributed by atoms with Gasteiger partial charge in [-0.3, -0.25) is 14.9 Å². The van der Waals surface area contributed by atoms with E-state index < -0.39 is 10.8 Å². The van der Waals surface area contributed by atoms with Crippen molar-refractivity contribution in [2.75, 3.05) is 11.9 Å². The van der Waals surface area contributed by atoms with Gasteiger partial charge in [0.05, 0.1) is 17.2 Å². The van der Waals surface area contributed by atoms with E-state index in [4.69, 9.17) is 4.74 Å². The van der Waals surface area contributed by atoms with E-state index in [1.807, 2.05) is 13.0 Å². The van der Waals surface area contributed by atoms with Crippen LogP contribution in [-0.2, 0) is 4.79 Å². The number of halogens is 1. The highest BCUT2D eigenvalue weighted by molar-refractivity contribution is 9.10. The van der Waals surface area contributed by atoms with Crippen molar-refractivity contribution in [1.29, 1.82) is 5.26 Å². The molecule has 0 aliphatic carbocycles. The number of rotatable bonds is 7. The van der Waals surface area contributed by atoms with E-state index in [9.17, 15) is 20.2 Å². The summed E-state index contributed by atoms with van der Waals surface area (Å²) in [5.74, 6) is 0.102. The first kappa shape index (κ1) is 20.1. The van der Waals surface area contributed by atoms with Crippen LogP contribution in [0.2, 0.25) is 0 Å². The van der Waals surface area contributed by atoms with Crippen LogP contribution in [-0.4, -0.2) is 17.4 Å². The first-order valence-electron chi connectivity index (χ1n) is 8.04. The number of anilines is 1. The Morgan fingerprint density at radius 2 is 2.04 bits per heavy atom. The fourth-order valence-corrected chi connectivity index (χ4v) is 2.57. The van der Waals surface area contributed by atoms with Crippen molar-refractivity contribution in [3.8, 4) is 11.8 Å². The third-order valence-corrected chi connectivity index (χ3v) is 4.10. The number of hydrogen-bond donors (Lipinski definition) is 1. The molecule has 7 nitrogen and oxygen atoms in total. The Morgan fingerprint density at radius 1 is 1.33 bits per heavy atom. The Bertz CT molecular complexity index is 918. The molecule has 0 aliphatic rings. The molecule has 0 saturated carbocycles. The maximum atomic E-state index is 12.3. The van der Waals surface area contributed by atoms with Crippen LogP contribution in [0.25, 0.3) is 6.08 Å². The van der Waals surface area contributed by atoms with Gasteiger partial charge in [0.1, 0.15) is 17.4 Å². The van der Waals surface area contributed by atoms with Gasteiger partial charge >= 0.3 is 0 Å². The second-order valence-electron chi connectivity index (χ2n) is 5.46. The van der Waals surface area contributed by atoms with Gasteiger partial charge in [0.25, 0.3) is 11.6 Å². The van der Waals surface area contributed by atoms with Gasteiger partial charge in [0, 0.05) is 16.6 Å². The summed E-state index contributed by atoms with van der Waals surface area (Å²) in [6.07, 6.45) is 2.36. The number of nitro groups is 1.